The van der Waals surface area contributed by atoms with Crippen molar-refractivity contribution in [2.75, 3.05) is 0 Å². The average molecular weight is 900 g/mol. The maximum atomic E-state index is 6.43. The molecule has 3 aromatic heterocycles. The number of hydrogen-bond donors (Lipinski definition) is 0. The van der Waals surface area contributed by atoms with Gasteiger partial charge >= 0.3 is 0 Å². The molecule has 0 N–H and O–H groups in total. The predicted octanol–water partition coefficient (Wildman–Crippen LogP) is 14.1. The van der Waals surface area contributed by atoms with Crippen molar-refractivity contribution in [3.8, 4) is 63.1 Å². The number of rotatable bonds is 13. The average Bonchev–Trinajstić information content (AvgIpc) is 4.12. The van der Waals surface area contributed by atoms with E-state index in [1.54, 1.807) is 0 Å². The van der Waals surface area contributed by atoms with Crippen molar-refractivity contribution >= 4 is 21.8 Å². The minimum atomic E-state index is 0.0612. The Bertz CT molecular complexity index is 3190. The summed E-state index contributed by atoms with van der Waals surface area (Å²) in [5.74, 6) is 3.97. The van der Waals surface area contributed by atoms with E-state index >= 15 is 0 Å². The molecule has 7 aromatic carbocycles. The van der Waals surface area contributed by atoms with Gasteiger partial charge in [-0.05, 0) is 118 Å². The van der Waals surface area contributed by atoms with Crippen molar-refractivity contribution in [3.05, 3.63) is 186 Å². The fourth-order valence-corrected chi connectivity index (χ4v) is 8.24. The Morgan fingerprint density at radius 2 is 0.794 bits per heavy atom. The highest BCUT2D eigenvalue weighted by atomic mass is 16.5. The number of ether oxygens (including phenoxy) is 3. The van der Waals surface area contributed by atoms with Gasteiger partial charge in [-0.2, -0.15) is 0 Å². The molecule has 0 bridgehead atoms. The Balaban J connectivity index is 0.833. The van der Waals surface area contributed by atoms with E-state index in [0.29, 0.717) is 54.9 Å². The zero-order valence-corrected chi connectivity index (χ0v) is 39.4. The van der Waals surface area contributed by atoms with Gasteiger partial charge in [0.15, 0.2) is 0 Å². The van der Waals surface area contributed by atoms with E-state index in [2.05, 4.69) is 134 Å². The van der Waals surface area contributed by atoms with Gasteiger partial charge < -0.3 is 27.6 Å². The van der Waals surface area contributed by atoms with E-state index in [1.807, 2.05) is 97.1 Å². The minimum absolute atomic E-state index is 0.0612. The van der Waals surface area contributed by atoms with Gasteiger partial charge in [-0.3, -0.25) is 0 Å². The lowest BCUT2D eigenvalue weighted by atomic mass is 9.87. The Kier molecular flexibility index (Phi) is 11.6. The fourth-order valence-electron chi connectivity index (χ4n) is 8.24. The maximum absolute atomic E-state index is 6.43. The van der Waals surface area contributed by atoms with E-state index in [4.69, 9.17) is 23.0 Å². The van der Waals surface area contributed by atoms with Crippen LogP contribution in [0.15, 0.2) is 167 Å². The van der Waals surface area contributed by atoms with Crippen molar-refractivity contribution in [1.82, 2.24) is 25.0 Å². The summed E-state index contributed by atoms with van der Waals surface area (Å²) in [4.78, 5) is 0. The number of aromatic nitrogens is 5. The standard InChI is InChI=1S/C58H53N5O5/c1-57(2,3)44-24-20-42(21-25-44)55-61-59-53(67-55)40-16-12-37(13-17-40)34-65-47-30-39(36-64-46-28-29-50-49-10-8-9-11-51(49)63(7)52(50)33-46)31-48(32-47)66-35-38-14-18-41(19-15-38)54-60-62-56(68-54)43-22-26-45(27-23-43)58(4,5)6/h8-33H,34-36H2,1-7H3. The molecule has 10 heteroatoms. The molecule has 10 aromatic rings. The summed E-state index contributed by atoms with van der Waals surface area (Å²) in [5.41, 5.74) is 11.2. The summed E-state index contributed by atoms with van der Waals surface area (Å²) in [7, 11) is 2.09. The van der Waals surface area contributed by atoms with Crippen molar-refractivity contribution in [2.24, 2.45) is 7.05 Å². The van der Waals surface area contributed by atoms with Crippen LogP contribution in [0.3, 0.4) is 0 Å². The van der Waals surface area contributed by atoms with Crippen LogP contribution in [0, 0.1) is 0 Å². The van der Waals surface area contributed by atoms with Gasteiger partial charge in [0.05, 0.1) is 5.52 Å². The molecule has 0 radical (unpaired) electrons. The van der Waals surface area contributed by atoms with Crippen LogP contribution in [0.5, 0.6) is 17.2 Å². The van der Waals surface area contributed by atoms with Gasteiger partial charge in [-0.1, -0.05) is 108 Å². The molecule has 0 spiro atoms. The summed E-state index contributed by atoms with van der Waals surface area (Å²) in [6, 6.07) is 53.1. The van der Waals surface area contributed by atoms with E-state index in [1.165, 1.54) is 27.4 Å². The largest absolute Gasteiger partial charge is 0.489 e. The number of benzene rings is 7. The van der Waals surface area contributed by atoms with Gasteiger partial charge in [-0.25, -0.2) is 0 Å². The zero-order chi connectivity index (χ0) is 47.0. The molecule has 68 heavy (non-hydrogen) atoms. The van der Waals surface area contributed by atoms with Crippen LogP contribution in [0.25, 0.3) is 67.6 Å². The highest BCUT2D eigenvalue weighted by molar-refractivity contribution is 6.08. The lowest BCUT2D eigenvalue weighted by molar-refractivity contribution is 0.282. The number of para-hydroxylation sites is 1. The maximum Gasteiger partial charge on any atom is 0.248 e. The molecule has 340 valence electrons. The lowest BCUT2D eigenvalue weighted by Gasteiger charge is -2.18. The van der Waals surface area contributed by atoms with Gasteiger partial charge in [0, 0.05) is 57.7 Å². The van der Waals surface area contributed by atoms with Crippen LogP contribution in [-0.4, -0.2) is 25.0 Å². The predicted molar refractivity (Wildman–Crippen MR) is 268 cm³/mol. The Morgan fingerprint density at radius 1 is 0.397 bits per heavy atom. The van der Waals surface area contributed by atoms with Crippen LogP contribution in [0.4, 0.5) is 0 Å². The lowest BCUT2D eigenvalue weighted by Crippen LogP contribution is -2.10. The first-order valence-corrected chi connectivity index (χ1v) is 22.9. The monoisotopic (exact) mass is 899 g/mol. The van der Waals surface area contributed by atoms with Crippen LogP contribution < -0.4 is 14.2 Å². The number of hydrogen-bond acceptors (Lipinski definition) is 9. The molecule has 3 heterocycles. The van der Waals surface area contributed by atoms with Gasteiger partial charge in [0.1, 0.15) is 37.1 Å². The first-order valence-electron chi connectivity index (χ1n) is 22.9. The summed E-state index contributed by atoms with van der Waals surface area (Å²) >= 11 is 0. The van der Waals surface area contributed by atoms with Crippen molar-refractivity contribution in [2.45, 2.75) is 72.2 Å². The Labute approximate surface area is 396 Å². The second kappa shape index (κ2) is 18.0. The van der Waals surface area contributed by atoms with Gasteiger partial charge in [-0.15, -0.1) is 20.4 Å². The SMILES string of the molecule is Cn1c2ccccc2c2ccc(OCc3cc(OCc4ccc(-c5nnc(-c6ccc(C(C)(C)C)cc6)o5)cc4)cc(OCc4ccc(-c5nnc(-c6ccc(C(C)(C)C)cc6)o5)cc4)c3)cc21. The fraction of sp³-hybridized carbons (Fsp3) is 0.207. The third-order valence-corrected chi connectivity index (χ3v) is 12.3. The molecule has 0 atom stereocenters. The quantitative estimate of drug-likeness (QED) is 0.112. The van der Waals surface area contributed by atoms with Gasteiger partial charge in [0.2, 0.25) is 23.6 Å². The summed E-state index contributed by atoms with van der Waals surface area (Å²) in [6.07, 6.45) is 0. The molecule has 0 aliphatic carbocycles. The highest BCUT2D eigenvalue weighted by Crippen LogP contribution is 2.34. The van der Waals surface area contributed by atoms with Crippen molar-refractivity contribution in [3.63, 3.8) is 0 Å². The van der Waals surface area contributed by atoms with Crippen molar-refractivity contribution in [1.29, 1.82) is 0 Å². The van der Waals surface area contributed by atoms with Gasteiger partial charge in [0.25, 0.3) is 0 Å². The first-order chi connectivity index (χ1) is 32.8. The smallest absolute Gasteiger partial charge is 0.248 e. The molecule has 10 nitrogen and oxygen atoms in total. The molecule has 0 saturated carbocycles. The van der Waals surface area contributed by atoms with E-state index in [-0.39, 0.29) is 10.8 Å². The van der Waals surface area contributed by atoms with E-state index < -0.39 is 0 Å². The van der Waals surface area contributed by atoms with E-state index in [0.717, 1.165) is 50.2 Å². The Morgan fingerprint density at radius 3 is 1.25 bits per heavy atom. The van der Waals surface area contributed by atoms with E-state index in [9.17, 15) is 0 Å². The second-order valence-electron chi connectivity index (χ2n) is 19.3. The molecular weight excluding hydrogens is 847 g/mol. The van der Waals surface area contributed by atoms with Crippen LogP contribution in [-0.2, 0) is 37.7 Å². The summed E-state index contributed by atoms with van der Waals surface area (Å²) in [5, 5.41) is 19.7. The first kappa shape index (κ1) is 43.9. The Hall–Kier alpha value is -7.98. The number of aryl methyl sites for hydroxylation is 1. The summed E-state index contributed by atoms with van der Waals surface area (Å²) in [6.45, 7) is 14.1. The third kappa shape index (κ3) is 9.49. The van der Waals surface area contributed by atoms with Crippen LogP contribution in [0.1, 0.15) is 69.4 Å². The molecule has 0 unspecified atom stereocenters. The zero-order valence-electron chi connectivity index (χ0n) is 39.4. The molecular formula is C58H53N5O5. The third-order valence-electron chi connectivity index (χ3n) is 12.3. The number of nitrogens with zero attached hydrogens (tertiary/aromatic N) is 5. The van der Waals surface area contributed by atoms with Crippen LogP contribution >= 0.6 is 0 Å². The van der Waals surface area contributed by atoms with Crippen LogP contribution in [0.2, 0.25) is 0 Å². The molecule has 10 rings (SSSR count). The molecule has 0 aliphatic heterocycles. The topological polar surface area (TPSA) is 110 Å². The minimum Gasteiger partial charge on any atom is -0.489 e. The normalized spacial score (nSPS) is 11.9. The highest BCUT2D eigenvalue weighted by Gasteiger charge is 2.18. The number of fused-ring (bicyclic) bond motifs is 3. The molecule has 0 saturated heterocycles. The van der Waals surface area contributed by atoms with Crippen molar-refractivity contribution < 1.29 is 23.0 Å². The second-order valence-corrected chi connectivity index (χ2v) is 19.3. The summed E-state index contributed by atoms with van der Waals surface area (Å²) < 4.78 is 33.7. The molecule has 0 amide bonds. The molecule has 0 aliphatic rings. The molecule has 0 fully saturated rings.